The summed E-state index contributed by atoms with van der Waals surface area (Å²) in [6.45, 7) is 3.75. The number of ether oxygens (including phenoxy) is 2. The Morgan fingerprint density at radius 2 is 1.50 bits per heavy atom. The van der Waals surface area contributed by atoms with E-state index in [9.17, 15) is 9.59 Å². The minimum atomic E-state index is -0.227. The van der Waals surface area contributed by atoms with Crippen LogP contribution in [0.1, 0.15) is 75.7 Å². The first-order valence-electron chi connectivity index (χ1n) is 12.6. The van der Waals surface area contributed by atoms with Crippen LogP contribution in [0.3, 0.4) is 0 Å². The van der Waals surface area contributed by atoms with Crippen LogP contribution in [-0.4, -0.2) is 43.9 Å². The number of imide groups is 1. The fraction of sp³-hybridized carbons (Fsp3) is 0.692. The van der Waals surface area contributed by atoms with Crippen LogP contribution < -0.4 is 10.2 Å². The second-order valence-corrected chi connectivity index (χ2v) is 10.2. The van der Waals surface area contributed by atoms with Gasteiger partial charge in [0.05, 0.1) is 19.1 Å². The van der Waals surface area contributed by atoms with Crippen LogP contribution >= 0.6 is 0 Å². The highest BCUT2D eigenvalue weighted by Gasteiger charge is 2.40. The van der Waals surface area contributed by atoms with Gasteiger partial charge in [0.1, 0.15) is 0 Å². The molecular formula is C26H36N2O4. The largest absolute Gasteiger partial charge is 0.372 e. The molecule has 1 aromatic carbocycles. The van der Waals surface area contributed by atoms with Gasteiger partial charge < -0.3 is 14.4 Å². The molecule has 3 heterocycles. The van der Waals surface area contributed by atoms with E-state index in [1.807, 2.05) is 0 Å². The molecule has 1 spiro atoms. The van der Waals surface area contributed by atoms with E-state index in [4.69, 9.17) is 9.47 Å². The van der Waals surface area contributed by atoms with Crippen molar-refractivity contribution in [1.29, 1.82) is 0 Å². The molecule has 3 saturated heterocycles. The van der Waals surface area contributed by atoms with Gasteiger partial charge in [0, 0.05) is 38.0 Å². The van der Waals surface area contributed by atoms with Gasteiger partial charge in [-0.1, -0.05) is 25.0 Å². The molecule has 1 atom stereocenters. The minimum Gasteiger partial charge on any atom is -0.372 e. The number of piperidine rings is 2. The molecule has 6 nitrogen and oxygen atoms in total. The monoisotopic (exact) mass is 440 g/mol. The van der Waals surface area contributed by atoms with Gasteiger partial charge >= 0.3 is 0 Å². The number of hydrogen-bond acceptors (Lipinski definition) is 5. The topological polar surface area (TPSA) is 67.9 Å². The first-order chi connectivity index (χ1) is 15.6. The summed E-state index contributed by atoms with van der Waals surface area (Å²) in [7, 11) is 0. The van der Waals surface area contributed by atoms with Gasteiger partial charge in [0.2, 0.25) is 11.8 Å². The summed E-state index contributed by atoms with van der Waals surface area (Å²) < 4.78 is 11.7. The standard InChI is InChI=1S/C26H36N2O4/c29-24-8-7-23(25(30)27-24)21-3-5-22(6-4-21)28-15-11-20(12-16-28)2-1-19-9-13-26(14-10-19)31-17-18-32-26/h3-6,19-20,23H,1-2,7-18H2,(H,27,29,30). The molecule has 2 amide bonds. The van der Waals surface area contributed by atoms with Crippen LogP contribution in [0, 0.1) is 11.8 Å². The van der Waals surface area contributed by atoms with Crippen LogP contribution in [0.5, 0.6) is 0 Å². The Morgan fingerprint density at radius 1 is 0.875 bits per heavy atom. The fourth-order valence-electron chi connectivity index (χ4n) is 6.07. The lowest BCUT2D eigenvalue weighted by molar-refractivity contribution is -0.182. The Bertz CT molecular complexity index is 800. The molecule has 0 bridgehead atoms. The number of anilines is 1. The SMILES string of the molecule is O=C1CCC(c2ccc(N3CCC(CCC4CCC5(CC4)OCCO5)CC3)cc2)C(=O)N1. The van der Waals surface area contributed by atoms with Crippen molar-refractivity contribution in [1.82, 2.24) is 5.32 Å². The number of hydrogen-bond donors (Lipinski definition) is 1. The third kappa shape index (κ3) is 4.86. The second kappa shape index (κ2) is 9.52. The Balaban J connectivity index is 1.05. The summed E-state index contributed by atoms with van der Waals surface area (Å²) in [4.78, 5) is 26.0. The Hall–Kier alpha value is -1.92. The second-order valence-electron chi connectivity index (χ2n) is 10.2. The Morgan fingerprint density at radius 3 is 2.12 bits per heavy atom. The van der Waals surface area contributed by atoms with Crippen molar-refractivity contribution in [3.63, 3.8) is 0 Å². The van der Waals surface area contributed by atoms with Crippen LogP contribution in [0.25, 0.3) is 0 Å². The summed E-state index contributed by atoms with van der Waals surface area (Å²) >= 11 is 0. The van der Waals surface area contributed by atoms with E-state index in [1.54, 1.807) is 0 Å². The maximum atomic E-state index is 12.1. The quantitative estimate of drug-likeness (QED) is 0.697. The average molecular weight is 441 g/mol. The molecule has 6 heteroatoms. The number of nitrogens with zero attached hydrogens (tertiary/aromatic N) is 1. The lowest BCUT2D eigenvalue weighted by Crippen LogP contribution is -2.39. The Labute approximate surface area is 191 Å². The third-order valence-electron chi connectivity index (χ3n) is 8.18. The molecule has 0 radical (unpaired) electrons. The number of nitrogens with one attached hydrogen (secondary N) is 1. The summed E-state index contributed by atoms with van der Waals surface area (Å²) in [6, 6.07) is 8.42. The van der Waals surface area contributed by atoms with E-state index < -0.39 is 0 Å². The van der Waals surface area contributed by atoms with Crippen LogP contribution in [0.2, 0.25) is 0 Å². The van der Waals surface area contributed by atoms with E-state index >= 15 is 0 Å². The zero-order chi connectivity index (χ0) is 22.0. The number of rotatable bonds is 5. The van der Waals surface area contributed by atoms with E-state index in [2.05, 4.69) is 34.5 Å². The number of amides is 2. The molecule has 4 aliphatic rings. The highest BCUT2D eigenvalue weighted by molar-refractivity contribution is 6.00. The van der Waals surface area contributed by atoms with Crippen molar-refractivity contribution in [3.8, 4) is 0 Å². The van der Waals surface area contributed by atoms with Crippen LogP contribution in [0.4, 0.5) is 5.69 Å². The molecule has 1 unspecified atom stereocenters. The van der Waals surface area contributed by atoms with Crippen LogP contribution in [-0.2, 0) is 19.1 Å². The molecule has 174 valence electrons. The van der Waals surface area contributed by atoms with Crippen molar-refractivity contribution >= 4 is 17.5 Å². The van der Waals surface area contributed by atoms with Gasteiger partial charge in [-0.25, -0.2) is 0 Å². The van der Waals surface area contributed by atoms with E-state index in [0.717, 1.165) is 56.5 Å². The number of carbonyl (C=O) groups is 2. The highest BCUT2D eigenvalue weighted by Crippen LogP contribution is 2.40. The smallest absolute Gasteiger partial charge is 0.234 e. The summed E-state index contributed by atoms with van der Waals surface area (Å²) in [6.07, 6.45) is 10.9. The Kier molecular flexibility index (Phi) is 6.51. The number of carbonyl (C=O) groups excluding carboxylic acids is 2. The molecule has 1 aliphatic carbocycles. The van der Waals surface area contributed by atoms with E-state index in [0.29, 0.717) is 12.8 Å². The van der Waals surface area contributed by atoms with E-state index in [1.165, 1.54) is 44.2 Å². The first kappa shape index (κ1) is 21.9. The summed E-state index contributed by atoms with van der Waals surface area (Å²) in [5.74, 6) is 0.931. The van der Waals surface area contributed by atoms with Crippen molar-refractivity contribution < 1.29 is 19.1 Å². The lowest BCUT2D eigenvalue weighted by atomic mass is 9.80. The zero-order valence-corrected chi connectivity index (χ0v) is 19.0. The van der Waals surface area contributed by atoms with Gasteiger partial charge in [-0.2, -0.15) is 0 Å². The molecule has 1 N–H and O–H groups in total. The molecule has 3 aliphatic heterocycles. The molecule has 0 aromatic heterocycles. The maximum absolute atomic E-state index is 12.1. The molecule has 4 fully saturated rings. The van der Waals surface area contributed by atoms with Gasteiger partial charge in [-0.15, -0.1) is 0 Å². The van der Waals surface area contributed by atoms with E-state index in [-0.39, 0.29) is 23.5 Å². The van der Waals surface area contributed by atoms with Gasteiger partial charge in [-0.3, -0.25) is 14.9 Å². The van der Waals surface area contributed by atoms with Gasteiger partial charge in [-0.05, 0) is 61.6 Å². The average Bonchev–Trinajstić information content (AvgIpc) is 3.27. The third-order valence-corrected chi connectivity index (χ3v) is 8.18. The van der Waals surface area contributed by atoms with Gasteiger partial charge in [0.15, 0.2) is 5.79 Å². The minimum absolute atomic E-state index is 0.157. The highest BCUT2D eigenvalue weighted by atomic mass is 16.7. The predicted molar refractivity (Wildman–Crippen MR) is 122 cm³/mol. The fourth-order valence-corrected chi connectivity index (χ4v) is 6.07. The lowest BCUT2D eigenvalue weighted by Gasteiger charge is -2.37. The summed E-state index contributed by atoms with van der Waals surface area (Å²) in [5.41, 5.74) is 2.25. The van der Waals surface area contributed by atoms with Crippen LogP contribution in [0.15, 0.2) is 24.3 Å². The first-order valence-corrected chi connectivity index (χ1v) is 12.6. The molecule has 5 rings (SSSR count). The molecule has 32 heavy (non-hydrogen) atoms. The molecule has 1 aromatic rings. The zero-order valence-electron chi connectivity index (χ0n) is 19.0. The maximum Gasteiger partial charge on any atom is 0.234 e. The van der Waals surface area contributed by atoms with Gasteiger partial charge in [0.25, 0.3) is 0 Å². The predicted octanol–water partition coefficient (Wildman–Crippen LogP) is 4.14. The normalized spacial score (nSPS) is 27.1. The van der Waals surface area contributed by atoms with Crippen molar-refractivity contribution in [2.45, 2.75) is 75.9 Å². The number of benzene rings is 1. The van der Waals surface area contributed by atoms with Crippen molar-refractivity contribution in [2.24, 2.45) is 11.8 Å². The molecular weight excluding hydrogens is 404 g/mol. The van der Waals surface area contributed by atoms with Crippen molar-refractivity contribution in [2.75, 3.05) is 31.2 Å². The molecule has 1 saturated carbocycles. The van der Waals surface area contributed by atoms with Crippen molar-refractivity contribution in [3.05, 3.63) is 29.8 Å². The summed E-state index contributed by atoms with van der Waals surface area (Å²) in [5, 5.41) is 2.46.